The third kappa shape index (κ3) is 6.35. The molecule has 0 saturated heterocycles. The van der Waals surface area contributed by atoms with Crippen LogP contribution in [-0.4, -0.2) is 27.1 Å². The minimum atomic E-state index is -3.24. The summed E-state index contributed by atoms with van der Waals surface area (Å²) in [4.78, 5) is 11.6. The van der Waals surface area contributed by atoms with Crippen molar-refractivity contribution in [3.05, 3.63) is 29.8 Å². The van der Waals surface area contributed by atoms with Crippen molar-refractivity contribution < 1.29 is 13.2 Å². The molecule has 5 nitrogen and oxygen atoms in total. The van der Waals surface area contributed by atoms with Gasteiger partial charge in [-0.1, -0.05) is 26.0 Å². The van der Waals surface area contributed by atoms with Crippen LogP contribution in [0.5, 0.6) is 0 Å². The van der Waals surface area contributed by atoms with Crippen molar-refractivity contribution in [1.82, 2.24) is 4.72 Å². The van der Waals surface area contributed by atoms with Crippen LogP contribution in [0.3, 0.4) is 0 Å². The molecule has 0 atom stereocenters. The van der Waals surface area contributed by atoms with E-state index >= 15 is 0 Å². The molecule has 1 amide bonds. The van der Waals surface area contributed by atoms with Crippen molar-refractivity contribution in [2.45, 2.75) is 26.2 Å². The number of carbonyl (C=O) groups excluding carboxylic acids is 1. The number of rotatable bonds is 6. The standard InChI is InChI=1S/C13H20N2O3S/c1-10(2)11-4-6-12(7-5-11)15-13(16)8-9-14-19(3,17)18/h4-7,10,14H,8-9H2,1-3H3,(H,15,16). The number of nitrogens with one attached hydrogen (secondary N) is 2. The Balaban J connectivity index is 2.44. The molecule has 1 aromatic carbocycles. The monoisotopic (exact) mass is 284 g/mol. The first-order valence-corrected chi connectivity index (χ1v) is 8.01. The Morgan fingerprint density at radius 3 is 2.26 bits per heavy atom. The molecular weight excluding hydrogens is 264 g/mol. The van der Waals surface area contributed by atoms with Gasteiger partial charge in [0.1, 0.15) is 0 Å². The molecule has 0 fully saturated rings. The van der Waals surface area contributed by atoms with E-state index in [2.05, 4.69) is 23.9 Å². The van der Waals surface area contributed by atoms with E-state index in [1.54, 1.807) is 0 Å². The average Bonchev–Trinajstić information content (AvgIpc) is 2.27. The topological polar surface area (TPSA) is 75.3 Å². The fraction of sp³-hybridized carbons (Fsp3) is 0.462. The molecule has 1 rings (SSSR count). The summed E-state index contributed by atoms with van der Waals surface area (Å²) >= 11 is 0. The molecule has 0 bridgehead atoms. The van der Waals surface area contributed by atoms with E-state index in [0.29, 0.717) is 11.6 Å². The maximum atomic E-state index is 11.6. The lowest BCUT2D eigenvalue weighted by Crippen LogP contribution is -2.26. The van der Waals surface area contributed by atoms with Gasteiger partial charge >= 0.3 is 0 Å². The fourth-order valence-corrected chi connectivity index (χ4v) is 2.00. The Morgan fingerprint density at radius 2 is 1.79 bits per heavy atom. The lowest BCUT2D eigenvalue weighted by Gasteiger charge is -2.08. The quantitative estimate of drug-likeness (QED) is 0.834. The summed E-state index contributed by atoms with van der Waals surface area (Å²) < 4.78 is 23.9. The first-order valence-electron chi connectivity index (χ1n) is 6.12. The van der Waals surface area contributed by atoms with Crippen molar-refractivity contribution in [3.63, 3.8) is 0 Å². The van der Waals surface area contributed by atoms with Gasteiger partial charge < -0.3 is 5.32 Å². The van der Waals surface area contributed by atoms with Crippen molar-refractivity contribution in [3.8, 4) is 0 Å². The molecule has 0 saturated carbocycles. The maximum Gasteiger partial charge on any atom is 0.225 e. The van der Waals surface area contributed by atoms with Gasteiger partial charge in [0.05, 0.1) is 6.26 Å². The summed E-state index contributed by atoms with van der Waals surface area (Å²) in [5.41, 5.74) is 1.92. The van der Waals surface area contributed by atoms with Crippen LogP contribution in [0.4, 0.5) is 5.69 Å². The zero-order valence-electron chi connectivity index (χ0n) is 11.4. The highest BCUT2D eigenvalue weighted by Crippen LogP contribution is 2.17. The Labute approximate surface area is 114 Å². The van der Waals surface area contributed by atoms with Crippen LogP contribution >= 0.6 is 0 Å². The Kier molecular flexibility index (Phi) is 5.50. The molecule has 6 heteroatoms. The van der Waals surface area contributed by atoms with E-state index in [4.69, 9.17) is 0 Å². The number of hydrogen-bond donors (Lipinski definition) is 2. The molecule has 0 unspecified atom stereocenters. The van der Waals surface area contributed by atoms with Gasteiger partial charge in [-0.2, -0.15) is 0 Å². The first-order chi connectivity index (χ1) is 8.78. The molecule has 0 aliphatic carbocycles. The Hall–Kier alpha value is -1.40. The van der Waals surface area contributed by atoms with Crippen molar-refractivity contribution >= 4 is 21.6 Å². The van der Waals surface area contributed by atoms with Gasteiger partial charge in [-0.25, -0.2) is 13.1 Å². The highest BCUT2D eigenvalue weighted by atomic mass is 32.2. The van der Waals surface area contributed by atoms with Gasteiger partial charge in [0.2, 0.25) is 15.9 Å². The minimum Gasteiger partial charge on any atom is -0.326 e. The SMILES string of the molecule is CC(C)c1ccc(NC(=O)CCNS(C)(=O)=O)cc1. The fourth-order valence-electron chi connectivity index (χ4n) is 1.52. The number of hydrogen-bond acceptors (Lipinski definition) is 3. The second kappa shape index (κ2) is 6.68. The van der Waals surface area contributed by atoms with Gasteiger partial charge in [0.25, 0.3) is 0 Å². The van der Waals surface area contributed by atoms with E-state index in [-0.39, 0.29) is 18.9 Å². The van der Waals surface area contributed by atoms with Crippen LogP contribution < -0.4 is 10.0 Å². The minimum absolute atomic E-state index is 0.106. The van der Waals surface area contributed by atoms with Gasteiger partial charge in [0, 0.05) is 18.7 Å². The van der Waals surface area contributed by atoms with Crippen LogP contribution in [-0.2, 0) is 14.8 Å². The third-order valence-electron chi connectivity index (χ3n) is 2.58. The summed E-state index contributed by atoms with van der Waals surface area (Å²) in [5, 5.41) is 2.72. The van der Waals surface area contributed by atoms with Gasteiger partial charge in [-0.15, -0.1) is 0 Å². The molecule has 0 spiro atoms. The number of amides is 1. The predicted molar refractivity (Wildman–Crippen MR) is 76.6 cm³/mol. The number of anilines is 1. The lowest BCUT2D eigenvalue weighted by molar-refractivity contribution is -0.116. The van der Waals surface area contributed by atoms with Crippen molar-refractivity contribution in [1.29, 1.82) is 0 Å². The molecule has 106 valence electrons. The van der Waals surface area contributed by atoms with Crippen molar-refractivity contribution in [2.75, 3.05) is 18.1 Å². The van der Waals surface area contributed by atoms with Gasteiger partial charge in [-0.05, 0) is 23.6 Å². The third-order valence-corrected chi connectivity index (χ3v) is 3.31. The molecule has 0 aromatic heterocycles. The lowest BCUT2D eigenvalue weighted by atomic mass is 10.0. The van der Waals surface area contributed by atoms with Crippen LogP contribution in [0.2, 0.25) is 0 Å². The van der Waals surface area contributed by atoms with Crippen LogP contribution in [0.15, 0.2) is 24.3 Å². The summed E-state index contributed by atoms with van der Waals surface area (Å²) in [6, 6.07) is 7.62. The zero-order chi connectivity index (χ0) is 14.5. The largest absolute Gasteiger partial charge is 0.326 e. The molecule has 0 heterocycles. The van der Waals surface area contributed by atoms with Gasteiger partial charge in [-0.3, -0.25) is 4.79 Å². The normalized spacial score (nSPS) is 11.6. The molecule has 19 heavy (non-hydrogen) atoms. The van der Waals surface area contributed by atoms with E-state index in [1.807, 2.05) is 24.3 Å². The predicted octanol–water partition coefficient (Wildman–Crippen LogP) is 1.69. The van der Waals surface area contributed by atoms with E-state index in [9.17, 15) is 13.2 Å². The van der Waals surface area contributed by atoms with E-state index in [0.717, 1.165) is 6.26 Å². The maximum absolute atomic E-state index is 11.6. The van der Waals surface area contributed by atoms with E-state index in [1.165, 1.54) is 5.56 Å². The van der Waals surface area contributed by atoms with Crippen LogP contribution in [0.1, 0.15) is 31.7 Å². The molecule has 0 aliphatic rings. The number of carbonyl (C=O) groups is 1. The van der Waals surface area contributed by atoms with Crippen LogP contribution in [0, 0.1) is 0 Å². The summed E-state index contributed by atoms with van der Waals surface area (Å²) in [6.07, 6.45) is 1.18. The second-order valence-electron chi connectivity index (χ2n) is 4.74. The molecule has 2 N–H and O–H groups in total. The molecule has 0 aliphatic heterocycles. The second-order valence-corrected chi connectivity index (χ2v) is 6.57. The van der Waals surface area contributed by atoms with Crippen LogP contribution in [0.25, 0.3) is 0 Å². The average molecular weight is 284 g/mol. The highest BCUT2D eigenvalue weighted by Gasteiger charge is 2.05. The Bertz CT molecular complexity index is 521. The van der Waals surface area contributed by atoms with Gasteiger partial charge in [0.15, 0.2) is 0 Å². The van der Waals surface area contributed by atoms with Crippen molar-refractivity contribution in [2.24, 2.45) is 0 Å². The molecule has 1 aromatic rings. The summed E-state index contributed by atoms with van der Waals surface area (Å²) in [6.45, 7) is 4.31. The number of benzene rings is 1. The molecule has 0 radical (unpaired) electrons. The first kappa shape index (κ1) is 15.7. The summed E-state index contributed by atoms with van der Waals surface area (Å²) in [5.74, 6) is 0.233. The number of sulfonamides is 1. The Morgan fingerprint density at radius 1 is 1.21 bits per heavy atom. The smallest absolute Gasteiger partial charge is 0.225 e. The highest BCUT2D eigenvalue weighted by molar-refractivity contribution is 7.88. The zero-order valence-corrected chi connectivity index (χ0v) is 12.3. The summed E-state index contributed by atoms with van der Waals surface area (Å²) in [7, 11) is -3.24. The molecular formula is C13H20N2O3S. The van der Waals surface area contributed by atoms with E-state index < -0.39 is 10.0 Å².